The minimum atomic E-state index is -0.822. The summed E-state index contributed by atoms with van der Waals surface area (Å²) in [6.45, 7) is 4.31. The highest BCUT2D eigenvalue weighted by molar-refractivity contribution is 7.80. The molecule has 6 aromatic rings. The van der Waals surface area contributed by atoms with Gasteiger partial charge in [-0.2, -0.15) is 0 Å². The lowest BCUT2D eigenvalue weighted by atomic mass is 10.3. The van der Waals surface area contributed by atoms with Crippen molar-refractivity contribution in [2.75, 3.05) is 0 Å². The van der Waals surface area contributed by atoms with Gasteiger partial charge in [-0.05, 0) is 60.4 Å². The second-order valence-electron chi connectivity index (χ2n) is 9.45. The van der Waals surface area contributed by atoms with Crippen LogP contribution in [0.5, 0.6) is 0 Å². The number of aryl methyl sites for hydroxylation is 1. The van der Waals surface area contributed by atoms with Crippen molar-refractivity contribution in [3.8, 4) is 5.69 Å². The van der Waals surface area contributed by atoms with Crippen molar-refractivity contribution >= 4 is 47.9 Å². The molecule has 0 spiro atoms. The van der Waals surface area contributed by atoms with E-state index >= 15 is 0 Å². The molecule has 0 saturated heterocycles. The summed E-state index contributed by atoms with van der Waals surface area (Å²) >= 11 is 0. The molecule has 0 bridgehead atoms. The third kappa shape index (κ3) is 5.24. The molecule has 0 saturated carbocycles. The molecule has 1 aromatic heterocycles. The maximum atomic E-state index is 5.19. The average Bonchev–Trinajstić information content (AvgIpc) is 3.29. The summed E-state index contributed by atoms with van der Waals surface area (Å²) in [4.78, 5) is 5.19. The molecule has 5 aromatic carbocycles. The van der Waals surface area contributed by atoms with Gasteiger partial charge in [-0.15, -0.1) is 0 Å². The third-order valence-electron chi connectivity index (χ3n) is 6.95. The standard InChI is InChI=1S/C35H30N2P2/c1-27-28(2)37(35(36-27)39(32-19-11-5-12-20-32)33-21-13-6-14-22-33)29-23-25-34(26-24-29)38(30-15-7-3-8-16-30)31-17-9-4-10-18-31/h3-26H,1-2H3. The Balaban J connectivity index is 1.46. The molecule has 0 N–H and O–H groups in total. The van der Waals surface area contributed by atoms with E-state index in [1.807, 2.05) is 0 Å². The minimum Gasteiger partial charge on any atom is -0.297 e. The van der Waals surface area contributed by atoms with Gasteiger partial charge in [-0.25, -0.2) is 4.98 Å². The summed E-state index contributed by atoms with van der Waals surface area (Å²) in [6.07, 6.45) is 0. The molecule has 1 heterocycles. The molecule has 39 heavy (non-hydrogen) atoms. The second kappa shape index (κ2) is 11.5. The summed E-state index contributed by atoms with van der Waals surface area (Å²) in [7, 11) is -1.47. The van der Waals surface area contributed by atoms with Crippen LogP contribution in [0.2, 0.25) is 0 Å². The molecule has 6 rings (SSSR count). The van der Waals surface area contributed by atoms with Crippen LogP contribution in [-0.4, -0.2) is 9.55 Å². The Labute approximate surface area is 233 Å². The van der Waals surface area contributed by atoms with E-state index in [9.17, 15) is 0 Å². The van der Waals surface area contributed by atoms with Gasteiger partial charge in [0, 0.05) is 19.3 Å². The predicted molar refractivity (Wildman–Crippen MR) is 170 cm³/mol. The first-order valence-corrected chi connectivity index (χ1v) is 15.9. The number of aromatic nitrogens is 2. The van der Waals surface area contributed by atoms with Gasteiger partial charge in [0.05, 0.1) is 5.69 Å². The molecule has 2 nitrogen and oxygen atoms in total. The van der Waals surface area contributed by atoms with Gasteiger partial charge in [-0.3, -0.25) is 4.57 Å². The van der Waals surface area contributed by atoms with Gasteiger partial charge in [-0.1, -0.05) is 133 Å². The lowest BCUT2D eigenvalue weighted by molar-refractivity contribution is 1.03. The Hall–Kier alpha value is -3.83. The van der Waals surface area contributed by atoms with E-state index in [1.54, 1.807) is 0 Å². The summed E-state index contributed by atoms with van der Waals surface area (Å²) in [5.74, 6) is 0. The molecule has 0 aliphatic heterocycles. The van der Waals surface area contributed by atoms with E-state index in [2.05, 4.69) is 164 Å². The van der Waals surface area contributed by atoms with Crippen LogP contribution >= 0.6 is 15.8 Å². The maximum Gasteiger partial charge on any atom is 0.145 e. The Bertz CT molecular complexity index is 1570. The molecule has 0 aliphatic rings. The quantitative estimate of drug-likeness (QED) is 0.227. The summed E-state index contributed by atoms with van der Waals surface area (Å²) < 4.78 is 2.37. The van der Waals surface area contributed by atoms with Crippen molar-refractivity contribution in [1.82, 2.24) is 9.55 Å². The van der Waals surface area contributed by atoms with Crippen molar-refractivity contribution in [2.24, 2.45) is 0 Å². The van der Waals surface area contributed by atoms with E-state index in [0.29, 0.717) is 0 Å². The number of nitrogens with zero attached hydrogens (tertiary/aromatic N) is 2. The van der Waals surface area contributed by atoms with Gasteiger partial charge >= 0.3 is 0 Å². The van der Waals surface area contributed by atoms with E-state index in [0.717, 1.165) is 16.9 Å². The number of hydrogen-bond acceptors (Lipinski definition) is 1. The molecule has 0 radical (unpaired) electrons. The smallest absolute Gasteiger partial charge is 0.145 e. The first-order chi connectivity index (χ1) is 19.2. The fraction of sp³-hybridized carbons (Fsp3) is 0.0571. The maximum absolute atomic E-state index is 5.19. The molecule has 0 unspecified atom stereocenters. The van der Waals surface area contributed by atoms with Crippen LogP contribution in [0.4, 0.5) is 0 Å². The molecule has 190 valence electrons. The fourth-order valence-electron chi connectivity index (χ4n) is 4.94. The second-order valence-corrected chi connectivity index (χ2v) is 13.8. The van der Waals surface area contributed by atoms with E-state index in [1.165, 1.54) is 32.2 Å². The molecule has 0 fully saturated rings. The minimum absolute atomic E-state index is 0.643. The molecule has 0 aliphatic carbocycles. The van der Waals surface area contributed by atoms with Crippen molar-refractivity contribution in [1.29, 1.82) is 0 Å². The van der Waals surface area contributed by atoms with Crippen molar-refractivity contribution in [3.05, 3.63) is 157 Å². The van der Waals surface area contributed by atoms with Gasteiger partial charge < -0.3 is 0 Å². The monoisotopic (exact) mass is 540 g/mol. The third-order valence-corrected chi connectivity index (χ3v) is 11.7. The van der Waals surface area contributed by atoms with Crippen LogP contribution in [0.3, 0.4) is 0 Å². The van der Waals surface area contributed by atoms with E-state index in [4.69, 9.17) is 4.98 Å². The number of benzene rings is 5. The zero-order chi connectivity index (χ0) is 26.6. The Morgan fingerprint density at radius 1 is 0.436 bits per heavy atom. The zero-order valence-electron chi connectivity index (χ0n) is 22.1. The van der Waals surface area contributed by atoms with Crippen molar-refractivity contribution in [2.45, 2.75) is 13.8 Å². The van der Waals surface area contributed by atoms with Gasteiger partial charge in [0.2, 0.25) is 0 Å². The summed E-state index contributed by atoms with van der Waals surface area (Å²) in [6, 6.07) is 52.6. The van der Waals surface area contributed by atoms with Gasteiger partial charge in [0.1, 0.15) is 5.57 Å². The summed E-state index contributed by atoms with van der Waals surface area (Å²) in [5.41, 5.74) is 4.52. The van der Waals surface area contributed by atoms with Crippen molar-refractivity contribution < 1.29 is 0 Å². The topological polar surface area (TPSA) is 17.8 Å². The Morgan fingerprint density at radius 2 is 0.795 bits per heavy atom. The normalized spacial score (nSPS) is 11.3. The Morgan fingerprint density at radius 3 is 1.21 bits per heavy atom. The molecule has 0 atom stereocenters. The predicted octanol–water partition coefficient (Wildman–Crippen LogP) is 6.01. The fourth-order valence-corrected chi connectivity index (χ4v) is 9.64. The van der Waals surface area contributed by atoms with Crippen LogP contribution in [-0.2, 0) is 0 Å². The Kier molecular flexibility index (Phi) is 7.51. The molecular weight excluding hydrogens is 510 g/mol. The van der Waals surface area contributed by atoms with Crippen LogP contribution < -0.4 is 32.1 Å². The highest BCUT2D eigenvalue weighted by Gasteiger charge is 2.25. The van der Waals surface area contributed by atoms with Crippen LogP contribution in [0.25, 0.3) is 5.69 Å². The summed E-state index contributed by atoms with van der Waals surface area (Å²) in [5, 5.41) is 6.67. The highest BCUT2D eigenvalue weighted by atomic mass is 31.1. The lowest BCUT2D eigenvalue weighted by Crippen LogP contribution is -2.28. The molecule has 4 heteroatoms. The van der Waals surface area contributed by atoms with Crippen molar-refractivity contribution in [3.63, 3.8) is 0 Å². The lowest BCUT2D eigenvalue weighted by Gasteiger charge is -2.22. The first-order valence-electron chi connectivity index (χ1n) is 13.2. The zero-order valence-corrected chi connectivity index (χ0v) is 23.9. The van der Waals surface area contributed by atoms with Crippen LogP contribution in [0.1, 0.15) is 11.4 Å². The van der Waals surface area contributed by atoms with Gasteiger partial charge in [0.15, 0.2) is 0 Å². The largest absolute Gasteiger partial charge is 0.297 e. The van der Waals surface area contributed by atoms with E-state index < -0.39 is 15.8 Å². The molecule has 0 amide bonds. The van der Waals surface area contributed by atoms with Crippen LogP contribution in [0.15, 0.2) is 146 Å². The number of imidazole rings is 1. The number of hydrogen-bond donors (Lipinski definition) is 0. The number of rotatable bonds is 7. The van der Waals surface area contributed by atoms with Crippen LogP contribution in [0, 0.1) is 13.8 Å². The van der Waals surface area contributed by atoms with Gasteiger partial charge in [0.25, 0.3) is 0 Å². The highest BCUT2D eigenvalue weighted by Crippen LogP contribution is 2.35. The SMILES string of the molecule is Cc1nc(P(c2ccccc2)c2ccccc2)n(-c2ccc(P(c3ccccc3)c3ccccc3)cc2)c1C. The average molecular weight is 541 g/mol. The van der Waals surface area contributed by atoms with E-state index in [-0.39, 0.29) is 0 Å². The molecular formula is C35H30N2P2. The first kappa shape index (κ1) is 25.4.